The van der Waals surface area contributed by atoms with Crippen molar-refractivity contribution in [2.24, 2.45) is 16.0 Å². The number of nitrogens with one attached hydrogen (secondary N) is 2. The lowest BCUT2D eigenvalue weighted by Gasteiger charge is -2.28. The van der Waals surface area contributed by atoms with Crippen molar-refractivity contribution in [1.82, 2.24) is 10.6 Å². The van der Waals surface area contributed by atoms with Gasteiger partial charge in [-0.3, -0.25) is 4.99 Å². The molecule has 1 aromatic carbocycles. The highest BCUT2D eigenvalue weighted by molar-refractivity contribution is 7.89. The van der Waals surface area contributed by atoms with Crippen LogP contribution in [-0.2, 0) is 16.6 Å². The number of rotatable bonds is 4. The van der Waals surface area contributed by atoms with Crippen LogP contribution in [0.3, 0.4) is 0 Å². The summed E-state index contributed by atoms with van der Waals surface area (Å²) in [5.41, 5.74) is 0.970. The van der Waals surface area contributed by atoms with Crippen LogP contribution in [0.25, 0.3) is 0 Å². The van der Waals surface area contributed by atoms with Crippen molar-refractivity contribution in [3.63, 3.8) is 0 Å². The molecular weight excluding hydrogens is 312 g/mol. The Morgan fingerprint density at radius 3 is 2.35 bits per heavy atom. The molecule has 0 bridgehead atoms. The molecule has 1 fully saturated rings. The van der Waals surface area contributed by atoms with E-state index in [1.807, 2.05) is 0 Å². The lowest BCUT2D eigenvalue weighted by molar-refractivity contribution is 0.329. The fourth-order valence-electron chi connectivity index (χ4n) is 2.78. The molecule has 128 valence electrons. The number of nitrogens with two attached hydrogens (primary N) is 1. The smallest absolute Gasteiger partial charge is 0.238 e. The zero-order chi connectivity index (χ0) is 16.9. The maximum Gasteiger partial charge on any atom is 0.238 e. The molecule has 2 rings (SSSR count). The predicted octanol–water partition coefficient (Wildman–Crippen LogP) is 1.58. The van der Waals surface area contributed by atoms with E-state index in [4.69, 9.17) is 5.14 Å². The second kappa shape index (κ2) is 7.79. The molecule has 4 N–H and O–H groups in total. The summed E-state index contributed by atoms with van der Waals surface area (Å²) in [4.78, 5) is 4.38. The molecule has 0 heterocycles. The molecule has 6 nitrogen and oxygen atoms in total. The molecule has 23 heavy (non-hydrogen) atoms. The van der Waals surface area contributed by atoms with Crippen molar-refractivity contribution in [3.8, 4) is 0 Å². The highest BCUT2D eigenvalue weighted by Gasteiger charge is 2.18. The first-order chi connectivity index (χ1) is 10.9. The third-order valence-corrected chi connectivity index (χ3v) is 5.22. The molecule has 0 radical (unpaired) electrons. The monoisotopic (exact) mass is 338 g/mol. The zero-order valence-electron chi connectivity index (χ0n) is 13.7. The highest BCUT2D eigenvalue weighted by atomic mass is 32.2. The first kappa shape index (κ1) is 17.7. The Morgan fingerprint density at radius 1 is 1.22 bits per heavy atom. The fraction of sp³-hybridized carbons (Fsp3) is 0.562. The molecule has 0 unspecified atom stereocenters. The van der Waals surface area contributed by atoms with Gasteiger partial charge in [0.15, 0.2) is 5.96 Å². The van der Waals surface area contributed by atoms with Gasteiger partial charge < -0.3 is 10.6 Å². The van der Waals surface area contributed by atoms with Gasteiger partial charge in [0.2, 0.25) is 10.0 Å². The predicted molar refractivity (Wildman–Crippen MR) is 92.6 cm³/mol. The second-order valence-corrected chi connectivity index (χ2v) is 7.78. The number of nitrogens with zero attached hydrogens (tertiary/aromatic N) is 1. The van der Waals surface area contributed by atoms with Crippen molar-refractivity contribution in [1.29, 1.82) is 0 Å². The second-order valence-electron chi connectivity index (χ2n) is 6.22. The summed E-state index contributed by atoms with van der Waals surface area (Å²) >= 11 is 0. The van der Waals surface area contributed by atoms with Crippen LogP contribution in [0.15, 0.2) is 34.2 Å². The van der Waals surface area contributed by atoms with Crippen molar-refractivity contribution < 1.29 is 8.42 Å². The van der Waals surface area contributed by atoms with E-state index in [9.17, 15) is 8.42 Å². The van der Waals surface area contributed by atoms with Crippen LogP contribution in [0.2, 0.25) is 0 Å². The number of guanidine groups is 1. The number of aliphatic imine (C=N–C) groups is 1. The lowest BCUT2D eigenvalue weighted by atomic mass is 9.87. The summed E-state index contributed by atoms with van der Waals surface area (Å²) < 4.78 is 22.5. The average molecular weight is 338 g/mol. The Labute approximate surface area is 138 Å². The summed E-state index contributed by atoms with van der Waals surface area (Å²) in [7, 11) is -1.88. The first-order valence-corrected chi connectivity index (χ1v) is 9.52. The summed E-state index contributed by atoms with van der Waals surface area (Å²) in [5.74, 6) is 1.60. The number of benzene rings is 1. The molecular formula is C16H26N4O2S. The molecule has 0 amide bonds. The van der Waals surface area contributed by atoms with Gasteiger partial charge >= 0.3 is 0 Å². The molecule has 0 saturated heterocycles. The topological polar surface area (TPSA) is 96.6 Å². The largest absolute Gasteiger partial charge is 0.354 e. The SMILES string of the molecule is CN=C(NCc1ccc(S(N)(=O)=O)cc1)NC1CCC(C)CC1. The Morgan fingerprint density at radius 2 is 1.83 bits per heavy atom. The molecule has 7 heteroatoms. The molecule has 1 saturated carbocycles. The molecule has 1 aromatic rings. The van der Waals surface area contributed by atoms with Crippen molar-refractivity contribution >= 4 is 16.0 Å². The van der Waals surface area contributed by atoms with Crippen LogP contribution in [0, 0.1) is 5.92 Å². The van der Waals surface area contributed by atoms with Crippen LogP contribution in [0.1, 0.15) is 38.2 Å². The van der Waals surface area contributed by atoms with E-state index in [0.717, 1.165) is 17.4 Å². The van der Waals surface area contributed by atoms with Gasteiger partial charge in [0, 0.05) is 19.6 Å². The van der Waals surface area contributed by atoms with Crippen LogP contribution in [0.5, 0.6) is 0 Å². The number of primary sulfonamides is 1. The fourth-order valence-corrected chi connectivity index (χ4v) is 3.29. The Kier molecular flexibility index (Phi) is 6.01. The van der Waals surface area contributed by atoms with Crippen LogP contribution in [0.4, 0.5) is 0 Å². The molecule has 0 spiro atoms. The summed E-state index contributed by atoms with van der Waals surface area (Å²) in [6.45, 7) is 2.88. The van der Waals surface area contributed by atoms with Gasteiger partial charge in [-0.05, 0) is 49.3 Å². The van der Waals surface area contributed by atoms with E-state index in [2.05, 4.69) is 22.5 Å². The van der Waals surface area contributed by atoms with Gasteiger partial charge in [-0.15, -0.1) is 0 Å². The highest BCUT2D eigenvalue weighted by Crippen LogP contribution is 2.23. The summed E-state index contributed by atoms with van der Waals surface area (Å²) in [6.07, 6.45) is 4.85. The third kappa shape index (κ3) is 5.51. The minimum Gasteiger partial charge on any atom is -0.354 e. The van der Waals surface area contributed by atoms with E-state index in [1.54, 1.807) is 19.2 Å². The van der Waals surface area contributed by atoms with Gasteiger partial charge in [0.1, 0.15) is 0 Å². The Bertz CT molecular complexity index is 633. The number of hydrogen-bond donors (Lipinski definition) is 3. The number of sulfonamides is 1. The average Bonchev–Trinajstić information content (AvgIpc) is 2.53. The first-order valence-electron chi connectivity index (χ1n) is 7.97. The Balaban J connectivity index is 1.86. The lowest BCUT2D eigenvalue weighted by Crippen LogP contribution is -2.44. The van der Waals surface area contributed by atoms with E-state index in [0.29, 0.717) is 12.6 Å². The maximum atomic E-state index is 11.2. The van der Waals surface area contributed by atoms with Crippen LogP contribution >= 0.6 is 0 Å². The van der Waals surface area contributed by atoms with Crippen molar-refractivity contribution in [2.75, 3.05) is 7.05 Å². The minimum atomic E-state index is -3.64. The molecule has 0 atom stereocenters. The van der Waals surface area contributed by atoms with Crippen LogP contribution < -0.4 is 15.8 Å². The van der Waals surface area contributed by atoms with Crippen molar-refractivity contribution in [3.05, 3.63) is 29.8 Å². The van der Waals surface area contributed by atoms with Gasteiger partial charge in [-0.2, -0.15) is 0 Å². The maximum absolute atomic E-state index is 11.2. The molecule has 0 aromatic heterocycles. The van der Waals surface area contributed by atoms with Gasteiger partial charge in [0.05, 0.1) is 4.90 Å². The quantitative estimate of drug-likeness (QED) is 0.573. The molecule has 1 aliphatic rings. The summed E-state index contributed by atoms with van der Waals surface area (Å²) in [5, 5.41) is 11.8. The molecule has 0 aliphatic heterocycles. The minimum absolute atomic E-state index is 0.125. The normalized spacial score (nSPS) is 22.7. The van der Waals surface area contributed by atoms with Gasteiger partial charge in [-0.25, -0.2) is 13.6 Å². The molecule has 1 aliphatic carbocycles. The van der Waals surface area contributed by atoms with E-state index in [1.165, 1.54) is 37.8 Å². The summed E-state index contributed by atoms with van der Waals surface area (Å²) in [6, 6.07) is 7.02. The van der Waals surface area contributed by atoms with Gasteiger partial charge in [0.25, 0.3) is 0 Å². The van der Waals surface area contributed by atoms with E-state index in [-0.39, 0.29) is 4.90 Å². The third-order valence-electron chi connectivity index (χ3n) is 4.29. The van der Waals surface area contributed by atoms with E-state index < -0.39 is 10.0 Å². The van der Waals surface area contributed by atoms with Gasteiger partial charge in [-0.1, -0.05) is 19.1 Å². The zero-order valence-corrected chi connectivity index (χ0v) is 14.6. The standard InChI is InChI=1S/C16H26N4O2S/c1-12-3-7-14(8-4-12)20-16(18-2)19-11-13-5-9-15(10-6-13)23(17,21)22/h5-6,9-10,12,14H,3-4,7-8,11H2,1-2H3,(H2,17,21,22)(H2,18,19,20). The number of hydrogen-bond acceptors (Lipinski definition) is 3. The van der Waals surface area contributed by atoms with Crippen molar-refractivity contribution in [2.45, 2.75) is 50.1 Å². The Hall–Kier alpha value is -1.60. The van der Waals surface area contributed by atoms with Crippen LogP contribution in [-0.4, -0.2) is 27.5 Å². The van der Waals surface area contributed by atoms with E-state index >= 15 is 0 Å².